The topological polar surface area (TPSA) is 21.3 Å². The summed E-state index contributed by atoms with van der Waals surface area (Å²) in [5.41, 5.74) is 1.10. The SMILES string of the molecule is C=Cc1cccc(OCCC)c1.CC(C)NC(C)C. The molecule has 0 saturated carbocycles. The first-order valence-corrected chi connectivity index (χ1v) is 7.10. The molecule has 1 aromatic rings. The van der Waals surface area contributed by atoms with Crippen LogP contribution in [0.2, 0.25) is 0 Å². The van der Waals surface area contributed by atoms with Crippen LogP contribution >= 0.6 is 0 Å². The molecule has 0 radical (unpaired) electrons. The number of benzene rings is 1. The van der Waals surface area contributed by atoms with Crippen LogP contribution in [-0.2, 0) is 0 Å². The standard InChI is InChI=1S/C11H14O.C6H15N/c1-3-8-12-11-7-5-6-10(4-2)9-11;1-5(2)7-6(3)4/h4-7,9H,2-3,8H2,1H3;5-7H,1-4H3. The van der Waals surface area contributed by atoms with Crippen molar-refractivity contribution < 1.29 is 4.74 Å². The summed E-state index contributed by atoms with van der Waals surface area (Å²) in [7, 11) is 0. The van der Waals surface area contributed by atoms with Crippen molar-refractivity contribution in [1.82, 2.24) is 5.32 Å². The summed E-state index contributed by atoms with van der Waals surface area (Å²) in [6.07, 6.45) is 2.86. The number of hydrogen-bond acceptors (Lipinski definition) is 2. The van der Waals surface area contributed by atoms with Gasteiger partial charge in [0.05, 0.1) is 6.61 Å². The van der Waals surface area contributed by atoms with Gasteiger partial charge in [-0.3, -0.25) is 0 Å². The zero-order valence-electron chi connectivity index (χ0n) is 13.1. The Morgan fingerprint density at radius 1 is 1.21 bits per heavy atom. The van der Waals surface area contributed by atoms with Crippen molar-refractivity contribution in [2.45, 2.75) is 53.1 Å². The van der Waals surface area contributed by atoms with Crippen LogP contribution < -0.4 is 10.1 Å². The van der Waals surface area contributed by atoms with Crippen LogP contribution in [0.4, 0.5) is 0 Å². The Morgan fingerprint density at radius 2 is 1.84 bits per heavy atom. The van der Waals surface area contributed by atoms with Crippen LogP contribution in [0, 0.1) is 0 Å². The van der Waals surface area contributed by atoms with Crippen molar-refractivity contribution in [3.8, 4) is 5.75 Å². The second-order valence-electron chi connectivity index (χ2n) is 5.10. The molecule has 0 spiro atoms. The lowest BCUT2D eigenvalue weighted by Crippen LogP contribution is -2.29. The van der Waals surface area contributed by atoms with Crippen LogP contribution in [-0.4, -0.2) is 18.7 Å². The van der Waals surface area contributed by atoms with E-state index in [0.29, 0.717) is 12.1 Å². The van der Waals surface area contributed by atoms with Gasteiger partial charge in [0.15, 0.2) is 0 Å². The molecule has 0 atom stereocenters. The van der Waals surface area contributed by atoms with Gasteiger partial charge in [-0.15, -0.1) is 0 Å². The minimum Gasteiger partial charge on any atom is -0.494 e. The molecule has 0 aliphatic heterocycles. The maximum absolute atomic E-state index is 5.45. The Bertz CT molecular complexity index is 339. The lowest BCUT2D eigenvalue weighted by molar-refractivity contribution is 0.317. The van der Waals surface area contributed by atoms with E-state index in [9.17, 15) is 0 Å². The molecule has 2 nitrogen and oxygen atoms in total. The highest BCUT2D eigenvalue weighted by atomic mass is 16.5. The molecule has 2 heteroatoms. The van der Waals surface area contributed by atoms with E-state index in [2.05, 4.69) is 46.5 Å². The fourth-order valence-corrected chi connectivity index (χ4v) is 1.62. The van der Waals surface area contributed by atoms with E-state index in [1.165, 1.54) is 0 Å². The molecule has 1 aromatic carbocycles. The largest absolute Gasteiger partial charge is 0.494 e. The van der Waals surface area contributed by atoms with Gasteiger partial charge in [0.25, 0.3) is 0 Å². The van der Waals surface area contributed by atoms with Gasteiger partial charge < -0.3 is 10.1 Å². The van der Waals surface area contributed by atoms with E-state index in [1.54, 1.807) is 0 Å². The summed E-state index contributed by atoms with van der Waals surface area (Å²) < 4.78 is 5.45. The molecule has 0 amide bonds. The second-order valence-corrected chi connectivity index (χ2v) is 5.10. The first-order chi connectivity index (χ1) is 8.99. The number of ether oxygens (including phenoxy) is 1. The third-order valence-corrected chi connectivity index (χ3v) is 2.23. The predicted molar refractivity (Wildman–Crippen MR) is 85.7 cm³/mol. The average molecular weight is 263 g/mol. The molecule has 0 saturated heterocycles. The van der Waals surface area contributed by atoms with Crippen LogP contribution in [0.1, 0.15) is 46.6 Å². The first kappa shape index (κ1) is 17.7. The smallest absolute Gasteiger partial charge is 0.119 e. The molecule has 0 aromatic heterocycles. The highest BCUT2D eigenvalue weighted by molar-refractivity contribution is 5.49. The van der Waals surface area contributed by atoms with Crippen molar-refractivity contribution in [2.24, 2.45) is 0 Å². The Balaban J connectivity index is 0.000000399. The van der Waals surface area contributed by atoms with Gasteiger partial charge in [-0.25, -0.2) is 0 Å². The third-order valence-electron chi connectivity index (χ3n) is 2.23. The minimum absolute atomic E-state index is 0.625. The molecule has 0 unspecified atom stereocenters. The number of nitrogens with one attached hydrogen (secondary N) is 1. The summed E-state index contributed by atoms with van der Waals surface area (Å²) in [6, 6.07) is 9.18. The summed E-state index contributed by atoms with van der Waals surface area (Å²) in [5, 5.41) is 3.31. The fraction of sp³-hybridized carbons (Fsp3) is 0.529. The number of rotatable bonds is 6. The normalized spacial score (nSPS) is 10.1. The van der Waals surface area contributed by atoms with Crippen molar-refractivity contribution >= 4 is 6.08 Å². The Hall–Kier alpha value is -1.28. The van der Waals surface area contributed by atoms with Gasteiger partial charge >= 0.3 is 0 Å². The van der Waals surface area contributed by atoms with E-state index >= 15 is 0 Å². The molecule has 0 aliphatic rings. The molecule has 108 valence electrons. The average Bonchev–Trinajstić information content (AvgIpc) is 2.35. The molecule has 0 heterocycles. The molecule has 0 bridgehead atoms. The van der Waals surface area contributed by atoms with E-state index in [0.717, 1.165) is 24.3 Å². The monoisotopic (exact) mass is 263 g/mol. The second kappa shape index (κ2) is 10.6. The fourth-order valence-electron chi connectivity index (χ4n) is 1.62. The highest BCUT2D eigenvalue weighted by Crippen LogP contribution is 2.13. The zero-order valence-corrected chi connectivity index (χ0v) is 13.1. The van der Waals surface area contributed by atoms with Gasteiger partial charge in [-0.1, -0.05) is 59.4 Å². The lowest BCUT2D eigenvalue weighted by atomic mass is 10.2. The third kappa shape index (κ3) is 10.3. The van der Waals surface area contributed by atoms with Crippen molar-refractivity contribution in [2.75, 3.05) is 6.61 Å². The molecule has 0 aliphatic carbocycles. The molecule has 1 N–H and O–H groups in total. The Labute approximate surface area is 118 Å². The summed E-state index contributed by atoms with van der Waals surface area (Å²) in [6.45, 7) is 15.2. The zero-order chi connectivity index (χ0) is 14.7. The van der Waals surface area contributed by atoms with E-state index in [4.69, 9.17) is 4.74 Å². The maximum atomic E-state index is 5.45. The minimum atomic E-state index is 0.625. The summed E-state index contributed by atoms with van der Waals surface area (Å²) in [4.78, 5) is 0. The predicted octanol–water partition coefficient (Wildman–Crippen LogP) is 4.51. The first-order valence-electron chi connectivity index (χ1n) is 7.10. The molecule has 19 heavy (non-hydrogen) atoms. The van der Waals surface area contributed by atoms with Crippen LogP contribution in [0.25, 0.3) is 6.08 Å². The Kier molecular flexibility index (Phi) is 9.91. The van der Waals surface area contributed by atoms with Gasteiger partial charge in [-0.2, -0.15) is 0 Å². The van der Waals surface area contributed by atoms with E-state index < -0.39 is 0 Å². The summed E-state index contributed by atoms with van der Waals surface area (Å²) >= 11 is 0. The van der Waals surface area contributed by atoms with Crippen LogP contribution in [0.15, 0.2) is 30.8 Å². The summed E-state index contributed by atoms with van der Waals surface area (Å²) in [5.74, 6) is 0.925. The van der Waals surface area contributed by atoms with Gasteiger partial charge in [-0.05, 0) is 24.1 Å². The molecule has 0 fully saturated rings. The van der Waals surface area contributed by atoms with Gasteiger partial charge in [0, 0.05) is 12.1 Å². The Morgan fingerprint density at radius 3 is 2.26 bits per heavy atom. The van der Waals surface area contributed by atoms with E-state index in [1.807, 2.05) is 30.3 Å². The highest BCUT2D eigenvalue weighted by Gasteiger charge is 1.93. The lowest BCUT2D eigenvalue weighted by Gasteiger charge is -2.10. The molecular weight excluding hydrogens is 234 g/mol. The van der Waals surface area contributed by atoms with Crippen LogP contribution in [0.5, 0.6) is 5.75 Å². The quantitative estimate of drug-likeness (QED) is 0.815. The van der Waals surface area contributed by atoms with Crippen LogP contribution in [0.3, 0.4) is 0 Å². The van der Waals surface area contributed by atoms with Gasteiger partial charge in [0.2, 0.25) is 0 Å². The van der Waals surface area contributed by atoms with Crippen molar-refractivity contribution in [1.29, 1.82) is 0 Å². The number of hydrogen-bond donors (Lipinski definition) is 1. The van der Waals surface area contributed by atoms with Gasteiger partial charge in [0.1, 0.15) is 5.75 Å². The van der Waals surface area contributed by atoms with Crippen molar-refractivity contribution in [3.05, 3.63) is 36.4 Å². The maximum Gasteiger partial charge on any atom is 0.119 e. The molecular formula is C17H29NO. The molecule has 1 rings (SSSR count). The van der Waals surface area contributed by atoms with Crippen molar-refractivity contribution in [3.63, 3.8) is 0 Å². The van der Waals surface area contributed by atoms with E-state index in [-0.39, 0.29) is 0 Å².